The Labute approximate surface area is 146 Å². The molecular weight excluding hydrogens is 344 g/mol. The molecule has 0 saturated heterocycles. The molecule has 1 heterocycles. The van der Waals surface area contributed by atoms with Gasteiger partial charge in [0.25, 0.3) is 10.0 Å². The third-order valence-electron chi connectivity index (χ3n) is 3.89. The topological polar surface area (TPSA) is 93.7 Å². The Hall–Kier alpha value is -2.74. The van der Waals surface area contributed by atoms with E-state index in [0.29, 0.717) is 35.7 Å². The normalized spacial score (nSPS) is 13.6. The maximum atomic E-state index is 12.7. The van der Waals surface area contributed by atoms with Gasteiger partial charge in [0.2, 0.25) is 5.91 Å². The van der Waals surface area contributed by atoms with Crippen molar-refractivity contribution in [2.24, 2.45) is 0 Å². The molecule has 2 aromatic carbocycles. The lowest BCUT2D eigenvalue weighted by atomic mass is 10.0. The van der Waals surface area contributed by atoms with E-state index in [1.165, 1.54) is 20.3 Å². The highest BCUT2D eigenvalue weighted by molar-refractivity contribution is 7.92. The molecule has 0 unspecified atom stereocenters. The van der Waals surface area contributed by atoms with Gasteiger partial charge in [-0.2, -0.15) is 0 Å². The van der Waals surface area contributed by atoms with Crippen molar-refractivity contribution in [3.05, 3.63) is 42.0 Å². The first kappa shape index (κ1) is 17.1. The Morgan fingerprint density at radius 3 is 2.32 bits per heavy atom. The maximum Gasteiger partial charge on any atom is 0.261 e. The molecule has 1 amide bonds. The summed E-state index contributed by atoms with van der Waals surface area (Å²) in [6.45, 7) is 0. The number of sulfonamides is 1. The summed E-state index contributed by atoms with van der Waals surface area (Å²) in [4.78, 5) is 11.5. The molecule has 2 N–H and O–H groups in total. The summed E-state index contributed by atoms with van der Waals surface area (Å²) in [6.07, 6.45) is 0.856. The highest BCUT2D eigenvalue weighted by atomic mass is 32.2. The fraction of sp³-hybridized carbons (Fsp3) is 0.235. The number of ether oxygens (including phenoxy) is 2. The van der Waals surface area contributed by atoms with Gasteiger partial charge in [-0.15, -0.1) is 0 Å². The van der Waals surface area contributed by atoms with E-state index in [9.17, 15) is 13.2 Å². The molecule has 8 heteroatoms. The van der Waals surface area contributed by atoms with Gasteiger partial charge in [0.15, 0.2) is 0 Å². The summed E-state index contributed by atoms with van der Waals surface area (Å²) in [5.74, 6) is 0.889. The van der Waals surface area contributed by atoms with Crippen LogP contribution in [-0.4, -0.2) is 28.5 Å². The number of fused-ring (bicyclic) bond motifs is 1. The van der Waals surface area contributed by atoms with Crippen molar-refractivity contribution in [2.75, 3.05) is 24.3 Å². The van der Waals surface area contributed by atoms with Crippen LogP contribution in [0.4, 0.5) is 11.4 Å². The molecule has 2 aromatic rings. The SMILES string of the molecule is COc1cc(NS(=O)(=O)c2ccc3c(c2)CCC(=O)N3)cc(OC)c1. The zero-order valence-corrected chi connectivity index (χ0v) is 14.6. The molecule has 1 aliphatic rings. The van der Waals surface area contributed by atoms with Crippen LogP contribution in [0.15, 0.2) is 41.3 Å². The number of hydrogen-bond acceptors (Lipinski definition) is 5. The van der Waals surface area contributed by atoms with Gasteiger partial charge in [-0.3, -0.25) is 9.52 Å². The fourth-order valence-corrected chi connectivity index (χ4v) is 3.70. The molecule has 0 atom stereocenters. The number of methoxy groups -OCH3 is 2. The monoisotopic (exact) mass is 362 g/mol. The number of benzene rings is 2. The van der Waals surface area contributed by atoms with E-state index in [1.54, 1.807) is 30.3 Å². The highest BCUT2D eigenvalue weighted by Crippen LogP contribution is 2.29. The molecule has 0 radical (unpaired) electrons. The van der Waals surface area contributed by atoms with E-state index in [-0.39, 0.29) is 10.8 Å². The van der Waals surface area contributed by atoms with E-state index >= 15 is 0 Å². The molecule has 0 bridgehead atoms. The Bertz CT molecular complexity index is 902. The molecule has 0 spiro atoms. The highest BCUT2D eigenvalue weighted by Gasteiger charge is 2.20. The Kier molecular flexibility index (Phi) is 4.54. The average Bonchev–Trinajstić information content (AvgIpc) is 2.60. The number of rotatable bonds is 5. The van der Waals surface area contributed by atoms with Crippen LogP contribution in [-0.2, 0) is 21.2 Å². The number of carbonyl (C=O) groups is 1. The van der Waals surface area contributed by atoms with E-state index in [2.05, 4.69) is 10.0 Å². The summed E-state index contributed by atoms with van der Waals surface area (Å²) < 4.78 is 38.2. The molecule has 3 rings (SSSR count). The average molecular weight is 362 g/mol. The van der Waals surface area contributed by atoms with Crippen LogP contribution < -0.4 is 19.5 Å². The first-order valence-electron chi connectivity index (χ1n) is 7.60. The number of anilines is 2. The largest absolute Gasteiger partial charge is 0.497 e. The first-order valence-corrected chi connectivity index (χ1v) is 9.08. The lowest BCUT2D eigenvalue weighted by Gasteiger charge is -2.18. The third kappa shape index (κ3) is 3.69. The van der Waals surface area contributed by atoms with Crippen molar-refractivity contribution in [1.82, 2.24) is 0 Å². The lowest BCUT2D eigenvalue weighted by molar-refractivity contribution is -0.116. The van der Waals surface area contributed by atoms with E-state index in [0.717, 1.165) is 5.56 Å². The standard InChI is InChI=1S/C17H18N2O5S/c1-23-13-8-12(9-14(10-13)24-2)19-25(21,22)15-4-5-16-11(7-15)3-6-17(20)18-16/h4-5,7-10,19H,3,6H2,1-2H3,(H,18,20). The van der Waals surface area contributed by atoms with Crippen molar-refractivity contribution in [3.8, 4) is 11.5 Å². The van der Waals surface area contributed by atoms with E-state index < -0.39 is 10.0 Å². The predicted octanol–water partition coefficient (Wildman–Crippen LogP) is 2.39. The second kappa shape index (κ2) is 6.64. The van der Waals surface area contributed by atoms with Gasteiger partial charge < -0.3 is 14.8 Å². The van der Waals surface area contributed by atoms with Crippen LogP contribution in [0.5, 0.6) is 11.5 Å². The predicted molar refractivity (Wildman–Crippen MR) is 93.7 cm³/mol. The van der Waals surface area contributed by atoms with Gasteiger partial charge in [-0.05, 0) is 30.2 Å². The number of hydrogen-bond donors (Lipinski definition) is 2. The van der Waals surface area contributed by atoms with Gasteiger partial charge in [0, 0.05) is 30.3 Å². The third-order valence-corrected chi connectivity index (χ3v) is 5.27. The number of aryl methyl sites for hydroxylation is 1. The molecule has 0 aromatic heterocycles. The molecule has 132 valence electrons. The zero-order valence-electron chi connectivity index (χ0n) is 13.8. The minimum atomic E-state index is -3.78. The van der Waals surface area contributed by atoms with Gasteiger partial charge in [0.1, 0.15) is 11.5 Å². The Balaban J connectivity index is 1.91. The van der Waals surface area contributed by atoms with Crippen molar-refractivity contribution >= 4 is 27.3 Å². The van der Waals surface area contributed by atoms with Gasteiger partial charge in [-0.1, -0.05) is 0 Å². The van der Waals surface area contributed by atoms with Gasteiger partial charge in [0.05, 0.1) is 24.8 Å². The van der Waals surface area contributed by atoms with Crippen molar-refractivity contribution in [3.63, 3.8) is 0 Å². The second-order valence-corrected chi connectivity index (χ2v) is 7.26. The quantitative estimate of drug-likeness (QED) is 0.852. The summed E-state index contributed by atoms with van der Waals surface area (Å²) in [6, 6.07) is 9.43. The first-order chi connectivity index (χ1) is 11.9. The minimum absolute atomic E-state index is 0.0651. The van der Waals surface area contributed by atoms with Crippen molar-refractivity contribution in [1.29, 1.82) is 0 Å². The Morgan fingerprint density at radius 1 is 1.00 bits per heavy atom. The molecule has 0 saturated carbocycles. The van der Waals surface area contributed by atoms with Crippen LogP contribution in [0, 0.1) is 0 Å². The van der Waals surface area contributed by atoms with E-state index in [4.69, 9.17) is 9.47 Å². The van der Waals surface area contributed by atoms with Gasteiger partial charge in [-0.25, -0.2) is 8.42 Å². The number of carbonyl (C=O) groups excluding carboxylic acids is 1. The van der Waals surface area contributed by atoms with Crippen molar-refractivity contribution < 1.29 is 22.7 Å². The number of nitrogens with one attached hydrogen (secondary N) is 2. The summed E-state index contributed by atoms with van der Waals surface area (Å²) in [5, 5.41) is 2.73. The molecule has 0 fully saturated rings. The lowest BCUT2D eigenvalue weighted by Crippen LogP contribution is -2.20. The number of amides is 1. The summed E-state index contributed by atoms with van der Waals surface area (Å²) in [7, 11) is -0.802. The van der Waals surface area contributed by atoms with Crippen LogP contribution in [0.3, 0.4) is 0 Å². The maximum absolute atomic E-state index is 12.7. The van der Waals surface area contributed by atoms with Crippen LogP contribution in [0.1, 0.15) is 12.0 Å². The van der Waals surface area contributed by atoms with Crippen molar-refractivity contribution in [2.45, 2.75) is 17.7 Å². The summed E-state index contributed by atoms with van der Waals surface area (Å²) in [5.41, 5.74) is 1.78. The molecular formula is C17H18N2O5S. The van der Waals surface area contributed by atoms with Crippen LogP contribution in [0.25, 0.3) is 0 Å². The Morgan fingerprint density at radius 2 is 1.68 bits per heavy atom. The molecule has 1 aliphatic heterocycles. The van der Waals surface area contributed by atoms with E-state index in [1.807, 2.05) is 0 Å². The van der Waals surface area contributed by atoms with Gasteiger partial charge >= 0.3 is 0 Å². The van der Waals surface area contributed by atoms with Crippen LogP contribution in [0.2, 0.25) is 0 Å². The zero-order chi connectivity index (χ0) is 18.0. The fourth-order valence-electron chi connectivity index (χ4n) is 2.61. The smallest absolute Gasteiger partial charge is 0.261 e. The second-order valence-electron chi connectivity index (χ2n) is 5.57. The molecule has 7 nitrogen and oxygen atoms in total. The van der Waals surface area contributed by atoms with Crippen LogP contribution >= 0.6 is 0 Å². The molecule has 25 heavy (non-hydrogen) atoms. The molecule has 0 aliphatic carbocycles. The minimum Gasteiger partial charge on any atom is -0.497 e. The summed E-state index contributed by atoms with van der Waals surface area (Å²) >= 11 is 0.